The Hall–Kier alpha value is -1.55. The second-order valence-corrected chi connectivity index (χ2v) is 9.05. The number of carbonyl (C=O) groups excluding carboxylic acids is 1. The molecule has 1 amide bonds. The average molecular weight is 376 g/mol. The smallest absolute Gasteiger partial charge is 0.223 e. The van der Waals surface area contributed by atoms with Gasteiger partial charge in [0.25, 0.3) is 0 Å². The predicted molar refractivity (Wildman–Crippen MR) is 110 cm³/mol. The minimum absolute atomic E-state index is 0.152. The molecular weight excluding hydrogens is 338 g/mol. The van der Waals surface area contributed by atoms with Crippen molar-refractivity contribution in [3.8, 4) is 5.75 Å². The molecule has 4 nitrogen and oxygen atoms in total. The zero-order chi connectivity index (χ0) is 20.2. The van der Waals surface area contributed by atoms with Gasteiger partial charge in [-0.2, -0.15) is 0 Å². The molecule has 4 heteroatoms. The second-order valence-electron chi connectivity index (χ2n) is 9.05. The zero-order valence-electron chi connectivity index (χ0n) is 18.1. The average Bonchev–Trinajstić information content (AvgIpc) is 2.58. The van der Waals surface area contributed by atoms with E-state index in [2.05, 4.69) is 39.8 Å². The molecule has 0 aliphatic carbocycles. The van der Waals surface area contributed by atoms with Crippen LogP contribution >= 0.6 is 0 Å². The number of hydrogen-bond donors (Lipinski definition) is 0. The highest BCUT2D eigenvalue weighted by molar-refractivity contribution is 5.77. The van der Waals surface area contributed by atoms with Crippen LogP contribution in [-0.4, -0.2) is 42.2 Å². The van der Waals surface area contributed by atoms with Crippen molar-refractivity contribution in [1.29, 1.82) is 0 Å². The van der Waals surface area contributed by atoms with Crippen molar-refractivity contribution < 1.29 is 14.3 Å². The van der Waals surface area contributed by atoms with Crippen molar-refractivity contribution in [1.82, 2.24) is 4.90 Å². The summed E-state index contributed by atoms with van der Waals surface area (Å²) in [5.41, 5.74) is 1.05. The van der Waals surface area contributed by atoms with Crippen LogP contribution < -0.4 is 4.74 Å². The molecular formula is C23H37NO3. The molecule has 0 spiro atoms. The topological polar surface area (TPSA) is 38.8 Å². The number of ether oxygens (including phenoxy) is 2. The Labute approximate surface area is 165 Å². The van der Waals surface area contributed by atoms with E-state index in [1.165, 1.54) is 5.56 Å². The molecule has 1 fully saturated rings. The Morgan fingerprint density at radius 2 is 1.85 bits per heavy atom. The van der Waals surface area contributed by atoms with Crippen LogP contribution in [0.25, 0.3) is 0 Å². The van der Waals surface area contributed by atoms with Crippen LogP contribution in [0.15, 0.2) is 24.3 Å². The van der Waals surface area contributed by atoms with E-state index < -0.39 is 0 Å². The predicted octanol–water partition coefficient (Wildman–Crippen LogP) is 5.02. The summed E-state index contributed by atoms with van der Waals surface area (Å²) in [6, 6.07) is 8.50. The van der Waals surface area contributed by atoms with Crippen LogP contribution in [0.5, 0.6) is 5.75 Å². The van der Waals surface area contributed by atoms with Crippen molar-refractivity contribution in [3.63, 3.8) is 0 Å². The van der Waals surface area contributed by atoms with Gasteiger partial charge in [-0.1, -0.05) is 26.0 Å². The lowest BCUT2D eigenvalue weighted by molar-refractivity contribution is -0.138. The van der Waals surface area contributed by atoms with Gasteiger partial charge in [0.1, 0.15) is 5.75 Å². The zero-order valence-corrected chi connectivity index (χ0v) is 18.1. The van der Waals surface area contributed by atoms with E-state index in [0.717, 1.165) is 25.2 Å². The second kappa shape index (κ2) is 9.09. The number of hydrogen-bond acceptors (Lipinski definition) is 3. The van der Waals surface area contributed by atoms with Crippen LogP contribution in [0.4, 0.5) is 0 Å². The molecule has 0 saturated carbocycles. The van der Waals surface area contributed by atoms with E-state index in [4.69, 9.17) is 9.47 Å². The van der Waals surface area contributed by atoms with Gasteiger partial charge in [-0.05, 0) is 70.1 Å². The summed E-state index contributed by atoms with van der Waals surface area (Å²) >= 11 is 0. The highest BCUT2D eigenvalue weighted by atomic mass is 16.5. The van der Waals surface area contributed by atoms with Gasteiger partial charge < -0.3 is 14.4 Å². The highest BCUT2D eigenvalue weighted by Crippen LogP contribution is 2.32. The summed E-state index contributed by atoms with van der Waals surface area (Å²) in [4.78, 5) is 15.0. The molecule has 1 aromatic carbocycles. The Bertz CT molecular complexity index is 607. The van der Waals surface area contributed by atoms with Gasteiger partial charge in [0.2, 0.25) is 5.91 Å². The molecule has 0 N–H and O–H groups in total. The van der Waals surface area contributed by atoms with Crippen molar-refractivity contribution in [2.24, 2.45) is 5.92 Å². The minimum atomic E-state index is -0.152. The molecule has 1 heterocycles. The summed E-state index contributed by atoms with van der Waals surface area (Å²) in [5, 5.41) is 0. The lowest BCUT2D eigenvalue weighted by Crippen LogP contribution is -2.47. The molecule has 1 aromatic rings. The van der Waals surface area contributed by atoms with Gasteiger partial charge in [0.05, 0.1) is 11.7 Å². The van der Waals surface area contributed by atoms with Crippen LogP contribution in [0.1, 0.15) is 72.3 Å². The number of benzene rings is 1. The maximum absolute atomic E-state index is 13.0. The first kappa shape index (κ1) is 21.7. The van der Waals surface area contributed by atoms with Gasteiger partial charge in [0, 0.05) is 26.1 Å². The molecule has 152 valence electrons. The quantitative estimate of drug-likeness (QED) is 0.672. The fourth-order valence-corrected chi connectivity index (χ4v) is 3.87. The van der Waals surface area contributed by atoms with Gasteiger partial charge >= 0.3 is 0 Å². The maximum atomic E-state index is 13.0. The first-order valence-corrected chi connectivity index (χ1v) is 10.3. The first-order valence-electron chi connectivity index (χ1n) is 10.3. The van der Waals surface area contributed by atoms with E-state index >= 15 is 0 Å². The molecule has 2 rings (SSSR count). The maximum Gasteiger partial charge on any atom is 0.223 e. The fourth-order valence-electron chi connectivity index (χ4n) is 3.87. The lowest BCUT2D eigenvalue weighted by atomic mass is 9.85. The highest BCUT2D eigenvalue weighted by Gasteiger charge is 2.33. The standard InChI is InChI=1S/C23H37NO3/c1-16(2)21(18-8-10-20(11-9-18)27-17(3)4)14-22(25)24(7)19-12-13-26-23(5,6)15-19/h8-11,16-17,19,21H,12-15H2,1-7H3/t19-,21-/m0/s1. The molecule has 2 atom stereocenters. The normalized spacial score (nSPS) is 20.6. The van der Waals surface area contributed by atoms with Crippen LogP contribution in [0.2, 0.25) is 0 Å². The molecule has 1 saturated heterocycles. The van der Waals surface area contributed by atoms with Gasteiger partial charge in [-0.3, -0.25) is 4.79 Å². The Balaban J connectivity index is 2.05. The summed E-state index contributed by atoms with van der Waals surface area (Å²) in [6.07, 6.45) is 2.51. The van der Waals surface area contributed by atoms with E-state index in [1.807, 2.05) is 37.9 Å². The fraction of sp³-hybridized carbons (Fsp3) is 0.696. The SMILES string of the molecule is CC(C)Oc1ccc([C@@H](CC(=O)N(C)[C@H]2CCOC(C)(C)C2)C(C)C)cc1. The van der Waals surface area contributed by atoms with E-state index in [0.29, 0.717) is 12.3 Å². The summed E-state index contributed by atoms with van der Waals surface area (Å²) in [6.45, 7) is 13.4. The molecule has 1 aliphatic rings. The van der Waals surface area contributed by atoms with Gasteiger partial charge in [-0.25, -0.2) is 0 Å². The van der Waals surface area contributed by atoms with Crippen molar-refractivity contribution in [3.05, 3.63) is 29.8 Å². The van der Waals surface area contributed by atoms with Gasteiger partial charge in [0.15, 0.2) is 0 Å². The Morgan fingerprint density at radius 3 is 2.37 bits per heavy atom. The third-order valence-electron chi connectivity index (χ3n) is 5.49. The van der Waals surface area contributed by atoms with Crippen molar-refractivity contribution >= 4 is 5.91 Å². The van der Waals surface area contributed by atoms with Gasteiger partial charge in [-0.15, -0.1) is 0 Å². The van der Waals surface area contributed by atoms with E-state index in [1.54, 1.807) is 0 Å². The number of amides is 1. The number of carbonyl (C=O) groups is 1. The van der Waals surface area contributed by atoms with E-state index in [-0.39, 0.29) is 29.6 Å². The largest absolute Gasteiger partial charge is 0.491 e. The van der Waals surface area contributed by atoms with Crippen molar-refractivity contribution in [2.75, 3.05) is 13.7 Å². The van der Waals surface area contributed by atoms with Crippen LogP contribution in [0, 0.1) is 5.92 Å². The molecule has 0 unspecified atom stereocenters. The lowest BCUT2D eigenvalue weighted by Gasteiger charge is -2.40. The number of nitrogens with zero attached hydrogens (tertiary/aromatic N) is 1. The first-order chi connectivity index (χ1) is 12.6. The molecule has 0 aromatic heterocycles. The summed E-state index contributed by atoms with van der Waals surface area (Å²) in [7, 11) is 1.95. The Morgan fingerprint density at radius 1 is 1.22 bits per heavy atom. The van der Waals surface area contributed by atoms with E-state index in [9.17, 15) is 4.79 Å². The summed E-state index contributed by atoms with van der Waals surface area (Å²) < 4.78 is 11.5. The number of rotatable bonds is 7. The molecule has 1 aliphatic heterocycles. The van der Waals surface area contributed by atoms with Crippen molar-refractivity contribution in [2.45, 2.75) is 84.5 Å². The molecule has 27 heavy (non-hydrogen) atoms. The third kappa shape index (κ3) is 6.24. The minimum Gasteiger partial charge on any atom is -0.491 e. The van der Waals surface area contributed by atoms with Crippen LogP contribution in [0.3, 0.4) is 0 Å². The van der Waals surface area contributed by atoms with Crippen LogP contribution in [-0.2, 0) is 9.53 Å². The molecule has 0 bridgehead atoms. The third-order valence-corrected chi connectivity index (χ3v) is 5.49. The summed E-state index contributed by atoms with van der Waals surface area (Å²) in [5.74, 6) is 1.70. The monoisotopic (exact) mass is 375 g/mol. The molecule has 0 radical (unpaired) electrons. The Kier molecular flexibility index (Phi) is 7.32.